The Morgan fingerprint density at radius 2 is 1.10 bits per heavy atom. The minimum atomic E-state index is -4.29. The van der Waals surface area contributed by atoms with Crippen molar-refractivity contribution in [2.45, 2.75) is 123 Å². The van der Waals surface area contributed by atoms with Gasteiger partial charge >= 0.3 is 11.9 Å². The van der Waals surface area contributed by atoms with Gasteiger partial charge in [-0.25, -0.2) is 18.0 Å². The van der Waals surface area contributed by atoms with Gasteiger partial charge in [-0.1, -0.05) is 34.6 Å². The van der Waals surface area contributed by atoms with E-state index in [0.29, 0.717) is 24.9 Å². The van der Waals surface area contributed by atoms with E-state index in [1.807, 2.05) is 16.9 Å². The maximum atomic E-state index is 12.8. The molecule has 496 valence electrons. The Kier molecular flexibility index (Phi) is 37.9. The quantitative estimate of drug-likeness (QED) is 0.0300. The van der Waals surface area contributed by atoms with Crippen LogP contribution < -0.4 is 47.7 Å². The number of nitrogens with two attached hydrogens (primary N) is 1. The van der Waals surface area contributed by atoms with E-state index < -0.39 is 139 Å². The van der Waals surface area contributed by atoms with E-state index in [4.69, 9.17) is 24.7 Å². The fourth-order valence-corrected chi connectivity index (χ4v) is 11.2. The molecule has 0 bridgehead atoms. The Labute approximate surface area is 513 Å². The number of rotatable bonds is 50. The zero-order valence-electron chi connectivity index (χ0n) is 50.5. The second-order valence-electron chi connectivity index (χ2n) is 21.8. The van der Waals surface area contributed by atoms with Crippen molar-refractivity contribution in [2.24, 2.45) is 22.5 Å². The topological polar surface area (TPSA) is 459 Å². The average molecular weight is 1300 g/mol. The van der Waals surface area contributed by atoms with Gasteiger partial charge in [0.05, 0.1) is 51.1 Å². The number of aliphatic carboxylic acids is 2. The maximum absolute atomic E-state index is 12.8. The molecule has 0 aliphatic carbocycles. The van der Waals surface area contributed by atoms with Crippen LogP contribution >= 0.6 is 11.8 Å². The molecule has 0 aliphatic heterocycles. The van der Waals surface area contributed by atoms with Crippen molar-refractivity contribution in [3.8, 4) is 0 Å². The third kappa shape index (κ3) is 38.6. The van der Waals surface area contributed by atoms with Gasteiger partial charge in [-0.3, -0.25) is 47.6 Å². The lowest BCUT2D eigenvalue weighted by Gasteiger charge is -2.37. The van der Waals surface area contributed by atoms with E-state index in [1.54, 1.807) is 51.6 Å². The number of primary amides is 1. The van der Waals surface area contributed by atoms with Crippen LogP contribution in [0, 0.1) is 16.7 Å². The molecule has 0 spiro atoms. The molecule has 87 heavy (non-hydrogen) atoms. The molecule has 0 radical (unpaired) electrons. The van der Waals surface area contributed by atoms with Gasteiger partial charge in [-0.15, -0.1) is 0 Å². The molecular formula is C54H91N9O21S3. The van der Waals surface area contributed by atoms with Crippen molar-refractivity contribution < 1.29 is 98.5 Å². The highest BCUT2D eigenvalue weighted by molar-refractivity contribution is 7.98. The van der Waals surface area contributed by atoms with Crippen LogP contribution in [0.4, 0.5) is 5.69 Å². The van der Waals surface area contributed by atoms with Gasteiger partial charge < -0.3 is 72.1 Å². The summed E-state index contributed by atoms with van der Waals surface area (Å²) in [5, 5.41) is 37.4. The van der Waals surface area contributed by atoms with E-state index in [9.17, 15) is 79.5 Å². The Morgan fingerprint density at radius 1 is 0.598 bits per heavy atom. The van der Waals surface area contributed by atoms with Crippen LogP contribution in [0.15, 0.2) is 24.3 Å². The van der Waals surface area contributed by atoms with Crippen LogP contribution in [0.2, 0.25) is 0 Å². The number of ether oxygens (including phenoxy) is 4. The first-order valence-electron chi connectivity index (χ1n) is 28.3. The van der Waals surface area contributed by atoms with Crippen LogP contribution in [0.3, 0.4) is 0 Å². The summed E-state index contributed by atoms with van der Waals surface area (Å²) in [7, 11) is -8.41. The summed E-state index contributed by atoms with van der Waals surface area (Å²) in [5.41, 5.74) is 5.15. The minimum absolute atomic E-state index is 0.00634. The van der Waals surface area contributed by atoms with E-state index >= 15 is 0 Å². The number of nitrogens with one attached hydrogen (secondary N) is 8. The lowest BCUT2D eigenvalue weighted by atomic mass is 9.69. The van der Waals surface area contributed by atoms with E-state index in [-0.39, 0.29) is 104 Å². The van der Waals surface area contributed by atoms with Crippen LogP contribution in [-0.4, -0.2) is 211 Å². The second-order valence-corrected chi connectivity index (χ2v) is 26.1. The third-order valence-electron chi connectivity index (χ3n) is 13.0. The maximum Gasteiger partial charge on any atom is 0.326 e. The first kappa shape index (κ1) is 78.8. The minimum Gasteiger partial charge on any atom is -0.480 e. The van der Waals surface area contributed by atoms with Crippen molar-refractivity contribution in [1.82, 2.24) is 36.6 Å². The smallest absolute Gasteiger partial charge is 0.326 e. The molecular weight excluding hydrogens is 1210 g/mol. The first-order chi connectivity index (χ1) is 40.8. The highest BCUT2D eigenvalue weighted by atomic mass is 32.2. The monoisotopic (exact) mass is 1300 g/mol. The number of hydrogen-bond donors (Lipinski definition) is 12. The van der Waals surface area contributed by atoms with Crippen molar-refractivity contribution in [1.29, 1.82) is 0 Å². The summed E-state index contributed by atoms with van der Waals surface area (Å²) >= 11 is 1.78. The van der Waals surface area contributed by atoms with Crippen LogP contribution in [0.25, 0.3) is 0 Å². The molecule has 8 amide bonds. The van der Waals surface area contributed by atoms with Crippen molar-refractivity contribution >= 4 is 96.8 Å². The number of carbonyl (C=O) groups excluding carboxylic acids is 8. The predicted octanol–water partition coefficient (Wildman–Crippen LogP) is -0.0876. The lowest BCUT2D eigenvalue weighted by Crippen LogP contribution is -2.45. The van der Waals surface area contributed by atoms with Crippen molar-refractivity contribution in [2.75, 3.05) is 108 Å². The van der Waals surface area contributed by atoms with Crippen LogP contribution in [0.5, 0.6) is 0 Å². The molecule has 1 aromatic rings. The molecule has 2 unspecified atom stereocenters. The number of amides is 8. The van der Waals surface area contributed by atoms with E-state index in [0.717, 1.165) is 24.4 Å². The summed E-state index contributed by atoms with van der Waals surface area (Å²) in [6.07, 6.45) is 2.69. The molecule has 0 fully saturated rings. The van der Waals surface area contributed by atoms with Crippen LogP contribution in [0.1, 0.15) is 116 Å². The Morgan fingerprint density at radius 3 is 1.62 bits per heavy atom. The van der Waals surface area contributed by atoms with Crippen molar-refractivity contribution in [3.63, 3.8) is 0 Å². The van der Waals surface area contributed by atoms with E-state index in [2.05, 4.69) is 43.5 Å². The SMILES string of the molecule is CSCCCNc1ccc(C(=O)NCCCC[C@H](NC(=O)COCCOCCNC(=O)CCC(NC(=O)CCC(NC(=O)COCCOCCNC(=O)CCCS(=O)(=O)NC(=O)[C@@H](C)C(C)(C)CC(C)(C)CS(=O)(=O)O)C(=O)O)C(=O)O)C(N)=O)cc1. The number of carboxylic acid groups (broad SMARTS) is 2. The standard InChI is InChI=1S/C54H91N9O21S3/c1-37(54(4,5)35-53(2,3)36-87(78,79)80)49(70)63-86(76,77)32-9-12-43(64)57-23-25-81-28-30-84-34-47(68)62-42(52(74)75)18-20-45(66)61-41(51(72)73)17-19-44(65)58-24-26-82-27-29-83-33-46(67)60-40(48(55)69)11-7-8-21-59-50(71)38-13-15-39(16-14-38)56-22-10-31-85-6/h13-16,37,40-42,56H,7-12,17-36H2,1-6H3,(H2,55,69)(H,57,64)(H,58,65)(H,59,71)(H,60,67)(H,61,66)(H,62,68)(H,63,70)(H,72,73)(H,74,75)(H,78,79,80)/t37-,40+,41?,42?/m1/s1. The normalized spacial score (nSPS) is 13.2. The molecule has 0 heterocycles. The molecule has 1 rings (SSSR count). The van der Waals surface area contributed by atoms with Gasteiger partial charge in [0.15, 0.2) is 0 Å². The largest absolute Gasteiger partial charge is 0.480 e. The predicted molar refractivity (Wildman–Crippen MR) is 321 cm³/mol. The molecule has 0 aromatic heterocycles. The van der Waals surface area contributed by atoms with Gasteiger partial charge in [0.1, 0.15) is 31.3 Å². The molecule has 0 aliphatic rings. The molecule has 0 saturated heterocycles. The number of carboxylic acids is 2. The summed E-state index contributed by atoms with van der Waals surface area (Å²) in [6, 6.07) is 3.18. The molecule has 33 heteroatoms. The average Bonchev–Trinajstić information content (AvgIpc) is 2.46. The first-order valence-corrected chi connectivity index (χ1v) is 33.0. The van der Waals surface area contributed by atoms with Crippen molar-refractivity contribution in [3.05, 3.63) is 29.8 Å². The number of anilines is 1. The van der Waals surface area contributed by atoms with E-state index in [1.165, 1.54) is 6.92 Å². The Balaban J connectivity index is 2.24. The zero-order valence-corrected chi connectivity index (χ0v) is 52.9. The van der Waals surface area contributed by atoms with Gasteiger partial charge in [0.2, 0.25) is 51.4 Å². The lowest BCUT2D eigenvalue weighted by molar-refractivity contribution is -0.144. The Bertz CT molecular complexity index is 2590. The van der Waals surface area contributed by atoms with Gasteiger partial charge in [-0.05, 0) is 98.5 Å². The summed E-state index contributed by atoms with van der Waals surface area (Å²) in [5.74, 6) is -8.88. The summed E-state index contributed by atoms with van der Waals surface area (Å²) in [6.45, 7) is 8.30. The molecule has 4 atom stereocenters. The molecule has 30 nitrogen and oxygen atoms in total. The Hall–Kier alpha value is -6.23. The van der Waals surface area contributed by atoms with Gasteiger partial charge in [0.25, 0.3) is 16.0 Å². The van der Waals surface area contributed by atoms with Gasteiger partial charge in [0, 0.05) is 62.6 Å². The zero-order chi connectivity index (χ0) is 65.6. The number of unbranched alkanes of at least 4 members (excludes halogenated alkanes) is 1. The fourth-order valence-electron chi connectivity index (χ4n) is 8.53. The van der Waals surface area contributed by atoms with Crippen LogP contribution in [-0.2, 0) is 82.2 Å². The number of benzene rings is 1. The number of thioether (sulfide) groups is 1. The summed E-state index contributed by atoms with van der Waals surface area (Å²) in [4.78, 5) is 123. The highest BCUT2D eigenvalue weighted by Gasteiger charge is 2.39. The number of sulfonamides is 1. The summed E-state index contributed by atoms with van der Waals surface area (Å²) < 4.78 is 80.4. The fraction of sp³-hybridized carbons (Fsp3) is 0.704. The second kappa shape index (κ2) is 41.8. The highest BCUT2D eigenvalue weighted by Crippen LogP contribution is 2.40. The molecule has 13 N–H and O–H groups in total. The molecule has 0 saturated carbocycles. The van der Waals surface area contributed by atoms with Gasteiger partial charge in [-0.2, -0.15) is 20.2 Å². The molecule has 1 aromatic carbocycles. The third-order valence-corrected chi connectivity index (χ3v) is 16.1. The number of hydrogen-bond acceptors (Lipinski definition) is 20. The number of carbonyl (C=O) groups is 10.